The summed E-state index contributed by atoms with van der Waals surface area (Å²) < 4.78 is 30.9. The van der Waals surface area contributed by atoms with Crippen molar-refractivity contribution in [1.82, 2.24) is 4.72 Å². The van der Waals surface area contributed by atoms with E-state index >= 15 is 0 Å². The first-order chi connectivity index (χ1) is 12.6. The number of hydrogen-bond acceptors (Lipinski definition) is 5. The average Bonchev–Trinajstić information content (AvgIpc) is 2.63. The molecule has 27 heavy (non-hydrogen) atoms. The van der Waals surface area contributed by atoms with Crippen LogP contribution in [0.1, 0.15) is 17.3 Å². The Kier molecular flexibility index (Phi) is 6.83. The predicted octanol–water partition coefficient (Wildman–Crippen LogP) is 3.09. The maximum atomic E-state index is 12.2. The number of esters is 1. The summed E-state index contributed by atoms with van der Waals surface area (Å²) in [6.45, 7) is 1.38. The zero-order valence-electron chi connectivity index (χ0n) is 14.3. The number of nitrogens with one attached hydrogen (secondary N) is 2. The van der Waals surface area contributed by atoms with Crippen molar-refractivity contribution in [3.8, 4) is 0 Å². The van der Waals surface area contributed by atoms with Gasteiger partial charge in [-0.25, -0.2) is 17.9 Å². The van der Waals surface area contributed by atoms with E-state index in [1.165, 1.54) is 44.3 Å². The molecular weight excluding hydrogens is 415 g/mol. The summed E-state index contributed by atoms with van der Waals surface area (Å²) in [5.41, 5.74) is 0.312. The Bertz CT molecular complexity index is 979. The summed E-state index contributed by atoms with van der Waals surface area (Å²) >= 11 is 11.8. The molecule has 2 N–H and O–H groups in total. The van der Waals surface area contributed by atoms with Crippen molar-refractivity contribution < 1.29 is 22.7 Å². The number of sulfonamides is 1. The first kappa shape index (κ1) is 21.2. The van der Waals surface area contributed by atoms with Crippen LogP contribution in [0.15, 0.2) is 47.4 Å². The highest BCUT2D eigenvalue weighted by Crippen LogP contribution is 2.25. The van der Waals surface area contributed by atoms with E-state index in [9.17, 15) is 18.0 Å². The van der Waals surface area contributed by atoms with Gasteiger partial charge < -0.3 is 10.1 Å². The predicted molar refractivity (Wildman–Crippen MR) is 103 cm³/mol. The summed E-state index contributed by atoms with van der Waals surface area (Å²) in [5, 5.41) is 3.17. The molecule has 0 aliphatic rings. The summed E-state index contributed by atoms with van der Waals surface area (Å²) in [6, 6.07) is 9.81. The standard InChI is InChI=1S/C17H16Cl2N2O5S/c1-10(16(22)21-15-7-6-12(18)9-14(15)19)26-17(23)11-4-3-5-13(8-11)27(24,25)20-2/h3-10,20H,1-2H3,(H,21,22)/t10-/m0/s1. The fourth-order valence-corrected chi connectivity index (χ4v) is 3.25. The molecule has 144 valence electrons. The van der Waals surface area contributed by atoms with Gasteiger partial charge in [-0.3, -0.25) is 4.79 Å². The molecule has 0 bridgehead atoms. The van der Waals surface area contributed by atoms with Crippen LogP contribution in [-0.4, -0.2) is 33.4 Å². The van der Waals surface area contributed by atoms with E-state index in [0.29, 0.717) is 10.7 Å². The number of halogens is 2. The summed E-state index contributed by atoms with van der Waals surface area (Å²) in [4.78, 5) is 24.3. The molecule has 2 aromatic carbocycles. The van der Waals surface area contributed by atoms with Crippen LogP contribution in [0, 0.1) is 0 Å². The van der Waals surface area contributed by atoms with Crippen molar-refractivity contribution in [3.05, 3.63) is 58.1 Å². The lowest BCUT2D eigenvalue weighted by molar-refractivity contribution is -0.123. The lowest BCUT2D eigenvalue weighted by atomic mass is 10.2. The number of amides is 1. The molecule has 0 aromatic heterocycles. The van der Waals surface area contributed by atoms with Crippen molar-refractivity contribution in [2.45, 2.75) is 17.9 Å². The number of rotatable bonds is 6. The molecule has 2 aromatic rings. The minimum atomic E-state index is -3.71. The highest BCUT2D eigenvalue weighted by atomic mass is 35.5. The van der Waals surface area contributed by atoms with Crippen molar-refractivity contribution in [2.75, 3.05) is 12.4 Å². The van der Waals surface area contributed by atoms with Gasteiger partial charge >= 0.3 is 5.97 Å². The van der Waals surface area contributed by atoms with E-state index in [0.717, 1.165) is 6.07 Å². The minimum absolute atomic E-state index is 0.00417. The summed E-state index contributed by atoms with van der Waals surface area (Å²) in [5.74, 6) is -1.44. The van der Waals surface area contributed by atoms with Gasteiger partial charge in [0.15, 0.2) is 6.10 Å². The van der Waals surface area contributed by atoms with Crippen molar-refractivity contribution in [3.63, 3.8) is 0 Å². The summed E-state index contributed by atoms with van der Waals surface area (Å²) in [7, 11) is -2.45. The first-order valence-electron chi connectivity index (χ1n) is 7.64. The Morgan fingerprint density at radius 3 is 2.44 bits per heavy atom. The highest BCUT2D eigenvalue weighted by molar-refractivity contribution is 7.89. The highest BCUT2D eigenvalue weighted by Gasteiger charge is 2.21. The van der Waals surface area contributed by atoms with Gasteiger partial charge in [-0.1, -0.05) is 29.3 Å². The Morgan fingerprint density at radius 2 is 1.81 bits per heavy atom. The lowest BCUT2D eigenvalue weighted by Gasteiger charge is -2.14. The van der Waals surface area contributed by atoms with Crippen LogP contribution in [0.4, 0.5) is 5.69 Å². The third kappa shape index (κ3) is 5.43. The maximum absolute atomic E-state index is 12.2. The van der Waals surface area contributed by atoms with Gasteiger partial charge in [-0.15, -0.1) is 0 Å². The molecule has 2 rings (SSSR count). The van der Waals surface area contributed by atoms with Gasteiger partial charge in [0, 0.05) is 5.02 Å². The fraction of sp³-hybridized carbons (Fsp3) is 0.176. The number of benzene rings is 2. The number of carbonyl (C=O) groups is 2. The average molecular weight is 431 g/mol. The molecule has 0 saturated heterocycles. The molecule has 0 aliphatic heterocycles. The minimum Gasteiger partial charge on any atom is -0.449 e. The molecule has 1 amide bonds. The fourth-order valence-electron chi connectivity index (χ4n) is 2.02. The van der Waals surface area contributed by atoms with E-state index < -0.39 is 28.0 Å². The normalized spacial score (nSPS) is 12.3. The van der Waals surface area contributed by atoms with E-state index in [2.05, 4.69) is 10.0 Å². The quantitative estimate of drug-likeness (QED) is 0.685. The molecule has 0 fully saturated rings. The second kappa shape index (κ2) is 8.71. The number of anilines is 1. The van der Waals surface area contributed by atoms with Gasteiger partial charge in [-0.2, -0.15) is 0 Å². The Hall–Kier alpha value is -2.13. The van der Waals surface area contributed by atoms with Crippen LogP contribution >= 0.6 is 23.2 Å². The molecule has 7 nitrogen and oxygen atoms in total. The van der Waals surface area contributed by atoms with Crippen molar-refractivity contribution in [1.29, 1.82) is 0 Å². The van der Waals surface area contributed by atoms with E-state index in [4.69, 9.17) is 27.9 Å². The largest absolute Gasteiger partial charge is 0.449 e. The van der Waals surface area contributed by atoms with E-state index in [1.807, 2.05) is 0 Å². The monoisotopic (exact) mass is 430 g/mol. The van der Waals surface area contributed by atoms with Crippen LogP contribution in [0.2, 0.25) is 10.0 Å². The van der Waals surface area contributed by atoms with Crippen LogP contribution in [0.25, 0.3) is 0 Å². The van der Waals surface area contributed by atoms with E-state index in [1.54, 1.807) is 6.07 Å². The van der Waals surface area contributed by atoms with Gasteiger partial charge in [0.05, 0.1) is 21.2 Å². The number of carbonyl (C=O) groups excluding carboxylic acids is 2. The molecule has 0 radical (unpaired) electrons. The number of ether oxygens (including phenoxy) is 1. The molecule has 0 spiro atoms. The second-order valence-corrected chi connectivity index (χ2v) is 8.13. The Morgan fingerprint density at radius 1 is 1.11 bits per heavy atom. The van der Waals surface area contributed by atoms with Crippen molar-refractivity contribution in [2.24, 2.45) is 0 Å². The molecule has 1 atom stereocenters. The zero-order valence-corrected chi connectivity index (χ0v) is 16.7. The van der Waals surface area contributed by atoms with Crippen LogP contribution in [-0.2, 0) is 19.6 Å². The molecule has 0 heterocycles. The summed E-state index contributed by atoms with van der Waals surface area (Å²) in [6.07, 6.45) is -1.14. The van der Waals surface area contributed by atoms with Crippen molar-refractivity contribution >= 4 is 50.8 Å². The van der Waals surface area contributed by atoms with Crippen LogP contribution < -0.4 is 10.0 Å². The van der Waals surface area contributed by atoms with Gasteiger partial charge in [-0.05, 0) is 50.4 Å². The molecular formula is C17H16Cl2N2O5S. The molecule has 0 unspecified atom stereocenters. The van der Waals surface area contributed by atoms with E-state index in [-0.39, 0.29) is 15.5 Å². The smallest absolute Gasteiger partial charge is 0.338 e. The third-order valence-corrected chi connectivity index (χ3v) is 5.45. The first-order valence-corrected chi connectivity index (χ1v) is 9.88. The molecule has 10 heteroatoms. The molecule has 0 aliphatic carbocycles. The van der Waals surface area contributed by atoms with Crippen LogP contribution in [0.3, 0.4) is 0 Å². The Balaban J connectivity index is 2.09. The molecule has 0 saturated carbocycles. The zero-order chi connectivity index (χ0) is 20.2. The van der Waals surface area contributed by atoms with Crippen LogP contribution in [0.5, 0.6) is 0 Å². The SMILES string of the molecule is CNS(=O)(=O)c1cccc(C(=O)O[C@@H](C)C(=O)Nc2ccc(Cl)cc2Cl)c1. The van der Waals surface area contributed by atoms with Gasteiger partial charge in [0.25, 0.3) is 5.91 Å². The maximum Gasteiger partial charge on any atom is 0.338 e. The van der Waals surface area contributed by atoms with Gasteiger partial charge in [0.1, 0.15) is 0 Å². The van der Waals surface area contributed by atoms with Gasteiger partial charge in [0.2, 0.25) is 10.0 Å². The Labute approximate surface area is 166 Å². The lowest BCUT2D eigenvalue weighted by Crippen LogP contribution is -2.30. The topological polar surface area (TPSA) is 102 Å². The number of hydrogen-bond donors (Lipinski definition) is 2. The second-order valence-electron chi connectivity index (χ2n) is 5.40. The third-order valence-electron chi connectivity index (χ3n) is 3.49.